The average molecular weight is 244 g/mol. The van der Waals surface area contributed by atoms with Crippen LogP contribution in [0.4, 0.5) is 0 Å². The van der Waals surface area contributed by atoms with Gasteiger partial charge in [-0.25, -0.2) is 0 Å². The van der Waals surface area contributed by atoms with Gasteiger partial charge < -0.3 is 4.79 Å². The standard InChI is InChI=1S/C14H16O.C3H8/c1-4-13-9-8-12(7-6-11(3)15)10-14(13)5-2;1-3-2/h4-5,8-10H,1-2,6-7H2,3H3;3H2,1-2H3. The van der Waals surface area contributed by atoms with Crippen molar-refractivity contribution in [1.29, 1.82) is 0 Å². The number of hydrogen-bond donors (Lipinski definition) is 0. The minimum atomic E-state index is 0.225. The van der Waals surface area contributed by atoms with Crippen molar-refractivity contribution < 1.29 is 4.79 Å². The average Bonchev–Trinajstić information content (AvgIpc) is 2.36. The molecule has 0 atom stereocenters. The van der Waals surface area contributed by atoms with Crippen molar-refractivity contribution in [2.75, 3.05) is 0 Å². The van der Waals surface area contributed by atoms with Crippen LogP contribution in [-0.2, 0) is 11.2 Å². The molecular weight excluding hydrogens is 220 g/mol. The number of rotatable bonds is 5. The molecular formula is C17H24O. The molecule has 1 aromatic rings. The van der Waals surface area contributed by atoms with Crippen LogP contribution in [0.2, 0.25) is 0 Å². The number of hydrogen-bond acceptors (Lipinski definition) is 1. The molecule has 0 N–H and O–H groups in total. The molecule has 1 nitrogen and oxygen atoms in total. The van der Waals surface area contributed by atoms with E-state index >= 15 is 0 Å². The molecule has 0 amide bonds. The van der Waals surface area contributed by atoms with Gasteiger partial charge in [0.1, 0.15) is 5.78 Å². The monoisotopic (exact) mass is 244 g/mol. The lowest BCUT2D eigenvalue weighted by molar-refractivity contribution is -0.116. The second kappa shape index (κ2) is 9.41. The number of carbonyl (C=O) groups excluding carboxylic acids is 1. The highest BCUT2D eigenvalue weighted by atomic mass is 16.1. The van der Waals surface area contributed by atoms with Crippen LogP contribution < -0.4 is 0 Å². The van der Waals surface area contributed by atoms with E-state index in [9.17, 15) is 4.79 Å². The topological polar surface area (TPSA) is 17.1 Å². The van der Waals surface area contributed by atoms with Gasteiger partial charge in [0.05, 0.1) is 0 Å². The van der Waals surface area contributed by atoms with Gasteiger partial charge in [0.15, 0.2) is 0 Å². The Morgan fingerprint density at radius 3 is 2.17 bits per heavy atom. The molecule has 0 aliphatic carbocycles. The maximum absolute atomic E-state index is 10.9. The molecule has 0 aromatic heterocycles. The maximum Gasteiger partial charge on any atom is 0.130 e. The summed E-state index contributed by atoms with van der Waals surface area (Å²) in [6, 6.07) is 6.11. The summed E-state index contributed by atoms with van der Waals surface area (Å²) in [4.78, 5) is 10.9. The summed E-state index contributed by atoms with van der Waals surface area (Å²) in [7, 11) is 0. The smallest absolute Gasteiger partial charge is 0.130 e. The summed E-state index contributed by atoms with van der Waals surface area (Å²) < 4.78 is 0. The molecule has 0 heterocycles. The Morgan fingerprint density at radius 2 is 1.72 bits per heavy atom. The van der Waals surface area contributed by atoms with Gasteiger partial charge in [0, 0.05) is 6.42 Å². The molecule has 0 aliphatic heterocycles. The van der Waals surface area contributed by atoms with Gasteiger partial charge in [-0.2, -0.15) is 0 Å². The van der Waals surface area contributed by atoms with Crippen LogP contribution in [-0.4, -0.2) is 5.78 Å². The molecule has 0 fully saturated rings. The van der Waals surface area contributed by atoms with E-state index in [2.05, 4.69) is 33.1 Å². The van der Waals surface area contributed by atoms with Crippen LogP contribution >= 0.6 is 0 Å². The van der Waals surface area contributed by atoms with Crippen molar-refractivity contribution in [1.82, 2.24) is 0 Å². The van der Waals surface area contributed by atoms with Crippen LogP contribution in [0.3, 0.4) is 0 Å². The lowest BCUT2D eigenvalue weighted by Crippen LogP contribution is -1.94. The van der Waals surface area contributed by atoms with Crippen LogP contribution in [0.15, 0.2) is 31.4 Å². The zero-order valence-electron chi connectivity index (χ0n) is 11.8. The quantitative estimate of drug-likeness (QED) is 0.719. The third kappa shape index (κ3) is 6.19. The summed E-state index contributed by atoms with van der Waals surface area (Å²) in [6.07, 6.45) is 6.28. The second-order valence-corrected chi connectivity index (χ2v) is 4.28. The molecule has 0 aliphatic rings. The first-order chi connectivity index (χ1) is 8.58. The van der Waals surface area contributed by atoms with E-state index in [-0.39, 0.29) is 5.78 Å². The van der Waals surface area contributed by atoms with Crippen LogP contribution in [0, 0.1) is 0 Å². The molecule has 0 spiro atoms. The van der Waals surface area contributed by atoms with Crippen molar-refractivity contribution in [2.24, 2.45) is 0 Å². The van der Waals surface area contributed by atoms with E-state index in [1.807, 2.05) is 24.3 Å². The van der Waals surface area contributed by atoms with Crippen molar-refractivity contribution in [2.45, 2.75) is 40.0 Å². The van der Waals surface area contributed by atoms with Gasteiger partial charge in [-0.15, -0.1) is 0 Å². The van der Waals surface area contributed by atoms with Crippen molar-refractivity contribution >= 4 is 17.9 Å². The van der Waals surface area contributed by atoms with Crippen molar-refractivity contribution in [3.63, 3.8) is 0 Å². The Hall–Kier alpha value is -1.63. The van der Waals surface area contributed by atoms with Crippen LogP contribution in [0.5, 0.6) is 0 Å². The molecule has 1 rings (SSSR count). The first-order valence-corrected chi connectivity index (χ1v) is 6.46. The number of benzene rings is 1. The van der Waals surface area contributed by atoms with E-state index in [4.69, 9.17) is 0 Å². The van der Waals surface area contributed by atoms with Crippen LogP contribution in [0.1, 0.15) is 50.3 Å². The first kappa shape index (κ1) is 16.4. The van der Waals surface area contributed by atoms with Gasteiger partial charge in [-0.1, -0.05) is 63.8 Å². The number of Topliss-reactive ketones (excluding diaryl/α,β-unsaturated/α-hetero) is 1. The fourth-order valence-corrected chi connectivity index (χ4v) is 1.46. The van der Waals surface area contributed by atoms with E-state index in [1.54, 1.807) is 6.92 Å². The maximum atomic E-state index is 10.9. The number of aryl methyl sites for hydroxylation is 1. The van der Waals surface area contributed by atoms with E-state index < -0.39 is 0 Å². The Kier molecular flexibility index (Phi) is 8.55. The minimum absolute atomic E-state index is 0.225. The molecule has 0 saturated carbocycles. The fraction of sp³-hybridized carbons (Fsp3) is 0.353. The van der Waals surface area contributed by atoms with Gasteiger partial charge in [-0.3, -0.25) is 0 Å². The zero-order valence-corrected chi connectivity index (χ0v) is 11.8. The predicted octanol–water partition coefficient (Wildman–Crippen LogP) is 4.91. The lowest BCUT2D eigenvalue weighted by atomic mass is 10.0. The summed E-state index contributed by atoms with van der Waals surface area (Å²) >= 11 is 0. The van der Waals surface area contributed by atoms with Crippen molar-refractivity contribution in [3.8, 4) is 0 Å². The number of ketones is 1. The molecule has 98 valence electrons. The Labute approximate surface area is 111 Å². The van der Waals surface area contributed by atoms with Gasteiger partial charge in [-0.05, 0) is 30.0 Å². The predicted molar refractivity (Wildman–Crippen MR) is 81.6 cm³/mol. The van der Waals surface area contributed by atoms with Crippen LogP contribution in [0.25, 0.3) is 12.2 Å². The lowest BCUT2D eigenvalue weighted by Gasteiger charge is -2.04. The fourth-order valence-electron chi connectivity index (χ4n) is 1.46. The minimum Gasteiger partial charge on any atom is -0.300 e. The molecule has 1 aromatic carbocycles. The largest absolute Gasteiger partial charge is 0.300 e. The van der Waals surface area contributed by atoms with Gasteiger partial charge >= 0.3 is 0 Å². The molecule has 1 heteroatoms. The molecule has 18 heavy (non-hydrogen) atoms. The Morgan fingerprint density at radius 1 is 1.17 bits per heavy atom. The highest BCUT2D eigenvalue weighted by molar-refractivity contribution is 5.75. The van der Waals surface area contributed by atoms with Crippen molar-refractivity contribution in [3.05, 3.63) is 48.0 Å². The summed E-state index contributed by atoms with van der Waals surface area (Å²) in [6.45, 7) is 13.4. The van der Waals surface area contributed by atoms with E-state index in [0.29, 0.717) is 6.42 Å². The molecule has 0 radical (unpaired) electrons. The molecule has 0 unspecified atom stereocenters. The summed E-state index contributed by atoms with van der Waals surface area (Å²) in [5.74, 6) is 0.225. The summed E-state index contributed by atoms with van der Waals surface area (Å²) in [5.41, 5.74) is 3.33. The number of carbonyl (C=O) groups is 1. The van der Waals surface area contributed by atoms with Gasteiger partial charge in [0.25, 0.3) is 0 Å². The second-order valence-electron chi connectivity index (χ2n) is 4.28. The normalized spacial score (nSPS) is 9.06. The third-order valence-corrected chi connectivity index (χ3v) is 2.36. The molecule has 0 bridgehead atoms. The Bertz CT molecular complexity index is 402. The van der Waals surface area contributed by atoms with Gasteiger partial charge in [0.2, 0.25) is 0 Å². The first-order valence-electron chi connectivity index (χ1n) is 6.46. The van der Waals surface area contributed by atoms with E-state index in [0.717, 1.165) is 17.5 Å². The highest BCUT2D eigenvalue weighted by Crippen LogP contribution is 2.15. The SMILES string of the molecule is C=Cc1ccc(CCC(C)=O)cc1C=C.CCC. The zero-order chi connectivity index (χ0) is 14.0. The molecule has 0 saturated heterocycles. The highest BCUT2D eigenvalue weighted by Gasteiger charge is 2.00. The summed E-state index contributed by atoms with van der Waals surface area (Å²) in [5, 5.41) is 0. The third-order valence-electron chi connectivity index (χ3n) is 2.36. The Balaban J connectivity index is 0.000000873. The van der Waals surface area contributed by atoms with E-state index in [1.165, 1.54) is 12.0 Å².